The van der Waals surface area contributed by atoms with Crippen LogP contribution in [0.2, 0.25) is 5.02 Å². The third-order valence-electron chi connectivity index (χ3n) is 3.07. The minimum atomic E-state index is 0.106. The van der Waals surface area contributed by atoms with Gasteiger partial charge in [0.05, 0.1) is 6.04 Å². The summed E-state index contributed by atoms with van der Waals surface area (Å²) in [7, 11) is 0. The predicted octanol–water partition coefficient (Wildman–Crippen LogP) is 4.32. The zero-order valence-electron chi connectivity index (χ0n) is 10.7. The Hall–Kier alpha value is -1.59. The van der Waals surface area contributed by atoms with Gasteiger partial charge in [-0.25, -0.2) is 9.97 Å². The first-order chi connectivity index (χ1) is 9.63. The van der Waals surface area contributed by atoms with Crippen molar-refractivity contribution in [1.82, 2.24) is 14.4 Å². The molecule has 2 heterocycles. The highest BCUT2D eigenvalue weighted by atomic mass is 79.9. The predicted molar refractivity (Wildman–Crippen MR) is 84.2 cm³/mol. The second-order valence-corrected chi connectivity index (χ2v) is 5.74. The number of benzene rings is 1. The van der Waals surface area contributed by atoms with Crippen molar-refractivity contribution in [3.63, 3.8) is 0 Å². The van der Waals surface area contributed by atoms with Crippen LogP contribution in [0.3, 0.4) is 0 Å². The summed E-state index contributed by atoms with van der Waals surface area (Å²) in [6.07, 6.45) is 5.52. The van der Waals surface area contributed by atoms with E-state index in [1.54, 1.807) is 6.20 Å². The van der Waals surface area contributed by atoms with E-state index in [0.29, 0.717) is 0 Å². The number of nitrogens with one attached hydrogen (secondary N) is 1. The van der Waals surface area contributed by atoms with Crippen molar-refractivity contribution in [2.45, 2.75) is 13.0 Å². The van der Waals surface area contributed by atoms with Gasteiger partial charge in [0.15, 0.2) is 11.5 Å². The molecule has 2 aromatic heterocycles. The van der Waals surface area contributed by atoms with E-state index in [-0.39, 0.29) is 6.04 Å². The van der Waals surface area contributed by atoms with E-state index in [2.05, 4.69) is 38.1 Å². The fourth-order valence-corrected chi connectivity index (χ4v) is 2.56. The lowest BCUT2D eigenvalue weighted by atomic mass is 10.1. The van der Waals surface area contributed by atoms with Crippen LogP contribution < -0.4 is 5.32 Å². The first kappa shape index (κ1) is 13.4. The number of hydrogen-bond acceptors (Lipinski definition) is 3. The van der Waals surface area contributed by atoms with E-state index in [0.717, 1.165) is 26.7 Å². The monoisotopic (exact) mass is 350 g/mol. The van der Waals surface area contributed by atoms with E-state index in [1.807, 2.05) is 41.1 Å². The van der Waals surface area contributed by atoms with Crippen LogP contribution in [0.1, 0.15) is 18.5 Å². The lowest BCUT2D eigenvalue weighted by Crippen LogP contribution is -2.09. The Morgan fingerprint density at radius 2 is 2.05 bits per heavy atom. The number of aromatic nitrogens is 3. The van der Waals surface area contributed by atoms with Gasteiger partial charge >= 0.3 is 0 Å². The number of hydrogen-bond donors (Lipinski definition) is 1. The van der Waals surface area contributed by atoms with Crippen LogP contribution in [-0.4, -0.2) is 14.4 Å². The number of fused-ring (bicyclic) bond motifs is 1. The molecule has 0 amide bonds. The van der Waals surface area contributed by atoms with Gasteiger partial charge in [-0.05, 0) is 40.5 Å². The highest BCUT2D eigenvalue weighted by molar-refractivity contribution is 9.10. The Kier molecular flexibility index (Phi) is 3.63. The molecule has 0 aliphatic carbocycles. The minimum absolute atomic E-state index is 0.106. The van der Waals surface area contributed by atoms with Crippen LogP contribution in [0.15, 0.2) is 47.5 Å². The molecule has 0 spiro atoms. The second kappa shape index (κ2) is 5.42. The average molecular weight is 352 g/mol. The molecule has 0 fully saturated rings. The van der Waals surface area contributed by atoms with Crippen LogP contribution in [0.5, 0.6) is 0 Å². The molecule has 1 aromatic carbocycles. The van der Waals surface area contributed by atoms with Crippen LogP contribution in [-0.2, 0) is 0 Å². The van der Waals surface area contributed by atoms with Gasteiger partial charge < -0.3 is 9.72 Å². The Morgan fingerprint density at radius 3 is 2.80 bits per heavy atom. The van der Waals surface area contributed by atoms with Gasteiger partial charge in [-0.3, -0.25) is 0 Å². The molecule has 3 rings (SSSR count). The summed E-state index contributed by atoms with van der Waals surface area (Å²) >= 11 is 9.31. The van der Waals surface area contributed by atoms with Crippen molar-refractivity contribution in [1.29, 1.82) is 0 Å². The van der Waals surface area contributed by atoms with E-state index in [4.69, 9.17) is 11.6 Å². The van der Waals surface area contributed by atoms with E-state index < -0.39 is 0 Å². The van der Waals surface area contributed by atoms with E-state index in [9.17, 15) is 0 Å². The fraction of sp³-hybridized carbons (Fsp3) is 0.143. The molecule has 0 radical (unpaired) electrons. The van der Waals surface area contributed by atoms with Crippen molar-refractivity contribution in [3.8, 4) is 0 Å². The molecular weight excluding hydrogens is 340 g/mol. The van der Waals surface area contributed by atoms with Crippen LogP contribution >= 0.6 is 27.5 Å². The molecule has 20 heavy (non-hydrogen) atoms. The molecule has 3 aromatic rings. The van der Waals surface area contributed by atoms with Crippen molar-refractivity contribution in [2.75, 3.05) is 5.32 Å². The maximum atomic E-state index is 5.91. The highest BCUT2D eigenvalue weighted by Gasteiger charge is 2.11. The number of rotatable bonds is 3. The SMILES string of the molecule is CC(Nc1nc(Br)cn2ccnc12)c1ccc(Cl)cc1. The van der Waals surface area contributed by atoms with Crippen molar-refractivity contribution in [3.05, 3.63) is 58.0 Å². The summed E-state index contributed by atoms with van der Waals surface area (Å²) in [5, 5.41) is 4.11. The highest BCUT2D eigenvalue weighted by Crippen LogP contribution is 2.23. The Bertz CT molecular complexity index is 739. The zero-order valence-corrected chi connectivity index (χ0v) is 13.1. The largest absolute Gasteiger partial charge is 0.360 e. The maximum Gasteiger partial charge on any atom is 0.180 e. The molecule has 0 aliphatic heterocycles. The van der Waals surface area contributed by atoms with Gasteiger partial charge in [-0.15, -0.1) is 0 Å². The van der Waals surface area contributed by atoms with Crippen LogP contribution in [0.4, 0.5) is 5.82 Å². The Morgan fingerprint density at radius 1 is 1.30 bits per heavy atom. The topological polar surface area (TPSA) is 42.2 Å². The van der Waals surface area contributed by atoms with Crippen molar-refractivity contribution >= 4 is 39.0 Å². The lowest BCUT2D eigenvalue weighted by Gasteiger charge is -2.15. The number of anilines is 1. The fourth-order valence-electron chi connectivity index (χ4n) is 2.04. The number of imidazole rings is 1. The van der Waals surface area contributed by atoms with Gasteiger partial charge in [0, 0.05) is 23.6 Å². The quantitative estimate of drug-likeness (QED) is 0.764. The van der Waals surface area contributed by atoms with Gasteiger partial charge in [0.25, 0.3) is 0 Å². The van der Waals surface area contributed by atoms with Crippen LogP contribution in [0.25, 0.3) is 5.65 Å². The third-order valence-corrected chi connectivity index (χ3v) is 3.70. The molecule has 1 N–H and O–H groups in total. The normalized spacial score (nSPS) is 12.6. The summed E-state index contributed by atoms with van der Waals surface area (Å²) in [6.45, 7) is 2.07. The molecule has 0 saturated heterocycles. The summed E-state index contributed by atoms with van der Waals surface area (Å²) in [5.41, 5.74) is 1.94. The molecule has 1 unspecified atom stereocenters. The third kappa shape index (κ3) is 2.64. The minimum Gasteiger partial charge on any atom is -0.360 e. The number of halogens is 2. The molecule has 102 valence electrons. The van der Waals surface area contributed by atoms with E-state index in [1.165, 1.54) is 0 Å². The molecule has 4 nitrogen and oxygen atoms in total. The average Bonchev–Trinajstić information content (AvgIpc) is 2.87. The first-order valence-electron chi connectivity index (χ1n) is 6.15. The summed E-state index contributed by atoms with van der Waals surface area (Å²) < 4.78 is 2.68. The smallest absolute Gasteiger partial charge is 0.180 e. The first-order valence-corrected chi connectivity index (χ1v) is 7.32. The van der Waals surface area contributed by atoms with Gasteiger partial charge in [-0.1, -0.05) is 23.7 Å². The Labute approximate surface area is 129 Å². The van der Waals surface area contributed by atoms with Gasteiger partial charge in [0.1, 0.15) is 4.60 Å². The number of nitrogens with zero attached hydrogens (tertiary/aromatic N) is 3. The molecule has 0 aliphatic rings. The molecular formula is C14H12BrClN4. The standard InChI is InChI=1S/C14H12BrClN4/c1-9(10-2-4-11(16)5-3-10)18-13-14-17-6-7-20(14)8-12(15)19-13/h2-9H,1H3,(H,18,19). The lowest BCUT2D eigenvalue weighted by molar-refractivity contribution is 0.870. The van der Waals surface area contributed by atoms with E-state index >= 15 is 0 Å². The maximum absolute atomic E-state index is 5.91. The van der Waals surface area contributed by atoms with Crippen LogP contribution in [0, 0.1) is 0 Å². The van der Waals surface area contributed by atoms with Crippen molar-refractivity contribution < 1.29 is 0 Å². The molecule has 6 heteroatoms. The molecule has 0 bridgehead atoms. The summed E-state index contributed by atoms with van der Waals surface area (Å²) in [6, 6.07) is 7.87. The van der Waals surface area contributed by atoms with Gasteiger partial charge in [0.2, 0.25) is 0 Å². The summed E-state index contributed by atoms with van der Waals surface area (Å²) in [5.74, 6) is 0.742. The van der Waals surface area contributed by atoms with Gasteiger partial charge in [-0.2, -0.15) is 0 Å². The molecule has 1 atom stereocenters. The Balaban J connectivity index is 1.92. The molecule has 0 saturated carbocycles. The second-order valence-electron chi connectivity index (χ2n) is 4.49. The summed E-state index contributed by atoms with van der Waals surface area (Å²) in [4.78, 5) is 8.77. The zero-order chi connectivity index (χ0) is 14.1. The van der Waals surface area contributed by atoms with Crippen molar-refractivity contribution in [2.24, 2.45) is 0 Å².